The standard InChI is InChI=1S/C24H20N2/c1-21-12-23(3)22(2)9-18(24(21,22)23)17-11-26-20-15-7-5-4-6-14(15)13(10-25)8-16(20)19(17)21/h4-8,11,18H,9,12H2,1-3H3. The Kier molecular flexibility index (Phi) is 1.80. The first-order chi connectivity index (χ1) is 12.4. The van der Waals surface area contributed by atoms with E-state index in [2.05, 4.69) is 51.2 Å². The number of benzene rings is 2. The van der Waals surface area contributed by atoms with Crippen LogP contribution in [0.1, 0.15) is 56.2 Å². The molecule has 3 fully saturated rings. The average Bonchev–Trinajstić information content (AvgIpc) is 2.81. The minimum atomic E-state index is 0.255. The summed E-state index contributed by atoms with van der Waals surface area (Å²) in [7, 11) is 0. The van der Waals surface area contributed by atoms with Crippen LogP contribution in [0, 0.1) is 27.6 Å². The van der Waals surface area contributed by atoms with E-state index < -0.39 is 0 Å². The van der Waals surface area contributed by atoms with Crippen molar-refractivity contribution in [2.24, 2.45) is 16.2 Å². The Morgan fingerprint density at radius 1 is 1.08 bits per heavy atom. The third kappa shape index (κ3) is 0.906. The zero-order valence-electron chi connectivity index (χ0n) is 15.4. The number of pyridine rings is 1. The quantitative estimate of drug-likeness (QED) is 0.513. The predicted molar refractivity (Wildman–Crippen MR) is 102 cm³/mol. The third-order valence-electron chi connectivity index (χ3n) is 9.56. The minimum absolute atomic E-state index is 0.255. The first kappa shape index (κ1) is 13.8. The maximum atomic E-state index is 9.77. The summed E-state index contributed by atoms with van der Waals surface area (Å²) in [5.41, 5.74) is 6.61. The van der Waals surface area contributed by atoms with Crippen LogP contribution in [0.4, 0.5) is 0 Å². The molecule has 0 amide bonds. The molecule has 5 atom stereocenters. The summed E-state index contributed by atoms with van der Waals surface area (Å²) in [5, 5.41) is 13.1. The first-order valence-corrected chi connectivity index (χ1v) is 9.70. The molecular weight excluding hydrogens is 316 g/mol. The molecule has 4 aliphatic carbocycles. The molecule has 0 saturated heterocycles. The molecule has 0 N–H and O–H groups in total. The van der Waals surface area contributed by atoms with Gasteiger partial charge in [0.2, 0.25) is 0 Å². The van der Waals surface area contributed by atoms with Gasteiger partial charge < -0.3 is 0 Å². The highest BCUT2D eigenvalue weighted by molar-refractivity contribution is 6.09. The van der Waals surface area contributed by atoms with Crippen molar-refractivity contribution in [3.8, 4) is 6.07 Å². The molecule has 5 unspecified atom stereocenters. The highest BCUT2D eigenvalue weighted by Gasteiger charge is 3.03. The van der Waals surface area contributed by atoms with Crippen LogP contribution >= 0.6 is 0 Å². The van der Waals surface area contributed by atoms with Gasteiger partial charge in [-0.15, -0.1) is 0 Å². The topological polar surface area (TPSA) is 36.7 Å². The Balaban J connectivity index is 1.65. The summed E-state index contributed by atoms with van der Waals surface area (Å²) in [6, 6.07) is 12.8. The van der Waals surface area contributed by atoms with E-state index in [1.54, 1.807) is 0 Å². The van der Waals surface area contributed by atoms with Gasteiger partial charge in [0.15, 0.2) is 0 Å². The summed E-state index contributed by atoms with van der Waals surface area (Å²) in [5.74, 6) is 0.681. The van der Waals surface area contributed by atoms with Gasteiger partial charge in [-0.25, -0.2) is 0 Å². The van der Waals surface area contributed by atoms with Gasteiger partial charge in [-0.05, 0) is 52.2 Å². The second-order valence-corrected chi connectivity index (χ2v) is 9.80. The Morgan fingerprint density at radius 2 is 1.85 bits per heavy atom. The Labute approximate surface area is 152 Å². The van der Waals surface area contributed by atoms with Crippen molar-refractivity contribution >= 4 is 21.7 Å². The van der Waals surface area contributed by atoms with Gasteiger partial charge in [-0.3, -0.25) is 4.98 Å². The monoisotopic (exact) mass is 336 g/mol. The van der Waals surface area contributed by atoms with E-state index in [9.17, 15) is 5.26 Å². The third-order valence-corrected chi connectivity index (χ3v) is 9.56. The van der Waals surface area contributed by atoms with Crippen LogP contribution < -0.4 is 0 Å². The number of aromatic nitrogens is 1. The summed E-state index contributed by atoms with van der Waals surface area (Å²) in [6.07, 6.45) is 4.78. The van der Waals surface area contributed by atoms with E-state index >= 15 is 0 Å². The fourth-order valence-electron chi connectivity index (χ4n) is 9.01. The number of rotatable bonds is 0. The maximum Gasteiger partial charge on any atom is 0.0998 e. The van der Waals surface area contributed by atoms with Crippen molar-refractivity contribution < 1.29 is 0 Å². The molecule has 0 radical (unpaired) electrons. The number of nitriles is 1. The lowest BCUT2D eigenvalue weighted by Gasteiger charge is -2.52. The molecule has 7 rings (SSSR count). The normalized spacial score (nSPS) is 43.1. The molecule has 0 bridgehead atoms. The first-order valence-electron chi connectivity index (χ1n) is 9.70. The van der Waals surface area contributed by atoms with Gasteiger partial charge in [-0.1, -0.05) is 45.0 Å². The van der Waals surface area contributed by atoms with Gasteiger partial charge in [0.1, 0.15) is 0 Å². The molecular formula is C24H20N2. The maximum absolute atomic E-state index is 9.77. The molecule has 2 heteroatoms. The van der Waals surface area contributed by atoms with Gasteiger partial charge in [0.25, 0.3) is 0 Å². The Bertz CT molecular complexity index is 1260. The summed E-state index contributed by atoms with van der Waals surface area (Å²) >= 11 is 0. The number of nitrogens with zero attached hydrogens (tertiary/aromatic N) is 2. The molecule has 2 nitrogen and oxygen atoms in total. The summed E-state index contributed by atoms with van der Waals surface area (Å²) < 4.78 is 0. The van der Waals surface area contributed by atoms with Crippen molar-refractivity contribution in [3.63, 3.8) is 0 Å². The molecule has 3 aromatic rings. The van der Waals surface area contributed by atoms with Crippen LogP contribution in [0.5, 0.6) is 0 Å². The molecule has 2 aromatic carbocycles. The summed E-state index contributed by atoms with van der Waals surface area (Å²) in [6.45, 7) is 7.54. The van der Waals surface area contributed by atoms with Crippen LogP contribution in [0.3, 0.4) is 0 Å². The van der Waals surface area contributed by atoms with Crippen LogP contribution in [0.2, 0.25) is 0 Å². The van der Waals surface area contributed by atoms with E-state index in [1.807, 2.05) is 12.1 Å². The average molecular weight is 336 g/mol. The fraction of sp³-hybridized carbons (Fsp3) is 0.417. The van der Waals surface area contributed by atoms with E-state index in [1.165, 1.54) is 29.4 Å². The van der Waals surface area contributed by atoms with E-state index in [4.69, 9.17) is 4.98 Å². The van der Waals surface area contributed by atoms with Crippen molar-refractivity contribution in [3.05, 3.63) is 53.2 Å². The Hall–Kier alpha value is -2.40. The largest absolute Gasteiger partial charge is 0.255 e. The predicted octanol–water partition coefficient (Wildman–Crippen LogP) is 5.43. The van der Waals surface area contributed by atoms with Crippen LogP contribution in [-0.4, -0.2) is 4.98 Å². The lowest BCUT2D eigenvalue weighted by atomic mass is 9.50. The van der Waals surface area contributed by atoms with Gasteiger partial charge in [-0.2, -0.15) is 5.26 Å². The number of hydrogen-bond acceptors (Lipinski definition) is 2. The highest BCUT2D eigenvalue weighted by atomic mass is 15.1. The number of hydrogen-bond donors (Lipinski definition) is 0. The zero-order chi connectivity index (χ0) is 17.7. The van der Waals surface area contributed by atoms with Crippen LogP contribution in [0.15, 0.2) is 36.5 Å². The molecule has 0 aliphatic heterocycles. The van der Waals surface area contributed by atoms with Gasteiger partial charge >= 0.3 is 0 Å². The lowest BCUT2D eigenvalue weighted by molar-refractivity contribution is 0.0211. The second-order valence-electron chi connectivity index (χ2n) is 9.80. The molecule has 3 saturated carbocycles. The van der Waals surface area contributed by atoms with Crippen molar-refractivity contribution in [2.45, 2.75) is 44.9 Å². The zero-order valence-corrected chi connectivity index (χ0v) is 15.4. The Morgan fingerprint density at radius 3 is 2.54 bits per heavy atom. The molecule has 1 spiro atoms. The van der Waals surface area contributed by atoms with Gasteiger partial charge in [0.05, 0.1) is 17.1 Å². The molecule has 4 aliphatic rings. The lowest BCUT2D eigenvalue weighted by Crippen LogP contribution is -2.49. The second kappa shape index (κ2) is 3.41. The minimum Gasteiger partial charge on any atom is -0.255 e. The van der Waals surface area contributed by atoms with Crippen LogP contribution in [-0.2, 0) is 5.41 Å². The summed E-state index contributed by atoms with van der Waals surface area (Å²) in [4.78, 5) is 4.94. The highest BCUT2D eigenvalue weighted by Crippen LogP contribution is 3.08. The fourth-order valence-corrected chi connectivity index (χ4v) is 9.01. The van der Waals surface area contributed by atoms with Crippen molar-refractivity contribution in [2.75, 3.05) is 0 Å². The molecule has 126 valence electrons. The van der Waals surface area contributed by atoms with Crippen molar-refractivity contribution in [1.29, 1.82) is 5.26 Å². The smallest absolute Gasteiger partial charge is 0.0998 e. The van der Waals surface area contributed by atoms with E-state index in [-0.39, 0.29) is 5.41 Å². The van der Waals surface area contributed by atoms with E-state index in [0.29, 0.717) is 22.2 Å². The van der Waals surface area contributed by atoms with Crippen molar-refractivity contribution in [1.82, 2.24) is 4.98 Å². The molecule has 26 heavy (non-hydrogen) atoms. The SMILES string of the molecule is CC12CC3(C)C4(C)CC(c5cnc6c(cc(C#N)c7ccccc76)c51)C243. The van der Waals surface area contributed by atoms with Gasteiger partial charge in [0, 0.05) is 27.8 Å². The van der Waals surface area contributed by atoms with E-state index in [0.717, 1.165) is 21.9 Å². The van der Waals surface area contributed by atoms with Crippen LogP contribution in [0.25, 0.3) is 21.7 Å². The molecule has 1 aromatic heterocycles. The number of fused-ring (bicyclic) bond motifs is 8. The molecule has 1 heterocycles.